The van der Waals surface area contributed by atoms with Crippen LogP contribution >= 0.6 is 23.2 Å². The molecule has 2 N–H and O–H groups in total. The number of carbonyl (C=O) groups excluding carboxylic acids is 4. The van der Waals surface area contributed by atoms with Crippen molar-refractivity contribution in [2.75, 3.05) is 16.8 Å². The van der Waals surface area contributed by atoms with E-state index >= 15 is 0 Å². The van der Waals surface area contributed by atoms with Crippen LogP contribution in [0.3, 0.4) is 0 Å². The fourth-order valence-corrected chi connectivity index (χ4v) is 3.55. The van der Waals surface area contributed by atoms with Gasteiger partial charge in [0.25, 0.3) is 17.7 Å². The van der Waals surface area contributed by atoms with Crippen LogP contribution in [0.15, 0.2) is 72.3 Å². The Bertz CT molecular complexity index is 1410. The van der Waals surface area contributed by atoms with Crippen molar-refractivity contribution in [1.29, 1.82) is 0 Å². The Morgan fingerprint density at radius 1 is 1.00 bits per heavy atom. The summed E-state index contributed by atoms with van der Waals surface area (Å²) in [5, 5.41) is 5.05. The summed E-state index contributed by atoms with van der Waals surface area (Å²) in [4.78, 5) is 50.7. The highest BCUT2D eigenvalue weighted by Crippen LogP contribution is 2.29. The molecule has 3 aromatic rings. The molecule has 0 bridgehead atoms. The first kappa shape index (κ1) is 24.9. The second-order valence-electron chi connectivity index (χ2n) is 7.47. The van der Waals surface area contributed by atoms with Gasteiger partial charge in [-0.15, -0.1) is 0 Å². The molecule has 0 aliphatic carbocycles. The average molecular weight is 528 g/mol. The Hall–Kier alpha value is -4.21. The van der Waals surface area contributed by atoms with E-state index in [0.29, 0.717) is 17.0 Å². The molecule has 8 nitrogen and oxygen atoms in total. The molecule has 182 valence electrons. The number of anilines is 2. The molecule has 1 aliphatic rings. The van der Waals surface area contributed by atoms with Gasteiger partial charge in [0.05, 0.1) is 15.7 Å². The number of halogens is 3. The van der Waals surface area contributed by atoms with E-state index in [2.05, 4.69) is 10.6 Å². The molecular formula is C25H16Cl2FN3O5. The van der Waals surface area contributed by atoms with E-state index in [1.54, 1.807) is 18.2 Å². The van der Waals surface area contributed by atoms with Gasteiger partial charge in [0.15, 0.2) is 6.61 Å². The van der Waals surface area contributed by atoms with Crippen LogP contribution in [0.2, 0.25) is 10.0 Å². The molecule has 1 heterocycles. The Kier molecular flexibility index (Phi) is 7.33. The van der Waals surface area contributed by atoms with Crippen LogP contribution in [0.5, 0.6) is 5.75 Å². The molecule has 1 fully saturated rings. The minimum absolute atomic E-state index is 0.130. The second-order valence-corrected chi connectivity index (χ2v) is 8.29. The first-order valence-electron chi connectivity index (χ1n) is 10.4. The molecule has 1 aliphatic heterocycles. The fraction of sp³-hybridized carbons (Fsp3) is 0.0400. The van der Waals surface area contributed by atoms with Gasteiger partial charge >= 0.3 is 6.03 Å². The maximum absolute atomic E-state index is 13.0. The Labute approximate surface area is 214 Å². The number of imide groups is 2. The molecule has 36 heavy (non-hydrogen) atoms. The summed E-state index contributed by atoms with van der Waals surface area (Å²) in [5.74, 6) is -2.33. The van der Waals surface area contributed by atoms with Crippen LogP contribution in [-0.2, 0) is 14.4 Å². The molecule has 0 spiro atoms. The molecule has 0 radical (unpaired) electrons. The molecule has 1 saturated heterocycles. The monoisotopic (exact) mass is 527 g/mol. The number of carbonyl (C=O) groups is 4. The molecule has 0 atom stereocenters. The van der Waals surface area contributed by atoms with Gasteiger partial charge in [-0.1, -0.05) is 35.3 Å². The number of urea groups is 1. The largest absolute Gasteiger partial charge is 0.484 e. The number of nitrogens with one attached hydrogen (secondary N) is 2. The third-order valence-corrected chi connectivity index (χ3v) is 5.67. The van der Waals surface area contributed by atoms with Crippen molar-refractivity contribution in [1.82, 2.24) is 5.32 Å². The van der Waals surface area contributed by atoms with Crippen molar-refractivity contribution in [2.45, 2.75) is 0 Å². The fourth-order valence-electron chi connectivity index (χ4n) is 3.26. The zero-order valence-electron chi connectivity index (χ0n) is 18.3. The number of benzene rings is 3. The van der Waals surface area contributed by atoms with Crippen molar-refractivity contribution < 1.29 is 28.3 Å². The highest BCUT2D eigenvalue weighted by Gasteiger charge is 2.37. The van der Waals surface area contributed by atoms with E-state index in [1.807, 2.05) is 0 Å². The molecule has 0 saturated carbocycles. The van der Waals surface area contributed by atoms with Gasteiger partial charge in [0.1, 0.15) is 17.1 Å². The SMILES string of the molecule is O=C(COc1cccc(/C=C2/C(=O)NC(=O)N(c3ccc(Cl)c(Cl)c3)C2=O)c1)Nc1ccc(F)cc1. The zero-order valence-corrected chi connectivity index (χ0v) is 19.8. The van der Waals surface area contributed by atoms with Gasteiger partial charge in [-0.05, 0) is 66.2 Å². The van der Waals surface area contributed by atoms with E-state index in [1.165, 1.54) is 54.6 Å². The van der Waals surface area contributed by atoms with E-state index in [0.717, 1.165) is 4.90 Å². The highest BCUT2D eigenvalue weighted by molar-refractivity contribution is 6.43. The maximum atomic E-state index is 13.0. The van der Waals surface area contributed by atoms with Gasteiger partial charge < -0.3 is 10.1 Å². The average Bonchev–Trinajstić information content (AvgIpc) is 2.84. The first-order valence-corrected chi connectivity index (χ1v) is 11.1. The molecule has 5 amide bonds. The van der Waals surface area contributed by atoms with Crippen LogP contribution in [0.25, 0.3) is 6.08 Å². The predicted octanol–water partition coefficient (Wildman–Crippen LogP) is 4.82. The number of rotatable bonds is 6. The molecule has 0 aromatic heterocycles. The molecule has 0 unspecified atom stereocenters. The third-order valence-electron chi connectivity index (χ3n) is 4.93. The van der Waals surface area contributed by atoms with Gasteiger partial charge in [0.2, 0.25) is 0 Å². The molecular weight excluding hydrogens is 512 g/mol. The first-order chi connectivity index (χ1) is 17.2. The molecule has 11 heteroatoms. The number of barbiturate groups is 1. The molecule has 4 rings (SSSR count). The van der Waals surface area contributed by atoms with E-state index in [9.17, 15) is 23.6 Å². The summed E-state index contributed by atoms with van der Waals surface area (Å²) in [5.41, 5.74) is 0.654. The zero-order chi connectivity index (χ0) is 25.8. The topological polar surface area (TPSA) is 105 Å². The summed E-state index contributed by atoms with van der Waals surface area (Å²) in [6.45, 7) is -0.337. The van der Waals surface area contributed by atoms with Crippen LogP contribution in [0, 0.1) is 5.82 Å². The normalized spacial score (nSPS) is 14.6. The van der Waals surface area contributed by atoms with Crippen molar-refractivity contribution in [3.05, 3.63) is 93.7 Å². The minimum Gasteiger partial charge on any atom is -0.484 e. The van der Waals surface area contributed by atoms with Gasteiger partial charge in [0, 0.05) is 5.69 Å². The van der Waals surface area contributed by atoms with Crippen molar-refractivity contribution in [2.24, 2.45) is 0 Å². The van der Waals surface area contributed by atoms with E-state index in [4.69, 9.17) is 27.9 Å². The van der Waals surface area contributed by atoms with Gasteiger partial charge in [-0.3, -0.25) is 19.7 Å². The Morgan fingerprint density at radius 3 is 2.47 bits per heavy atom. The smallest absolute Gasteiger partial charge is 0.335 e. The lowest BCUT2D eigenvalue weighted by Crippen LogP contribution is -2.54. The summed E-state index contributed by atoms with van der Waals surface area (Å²) in [7, 11) is 0. The summed E-state index contributed by atoms with van der Waals surface area (Å²) in [6.07, 6.45) is 1.29. The quantitative estimate of drug-likeness (QED) is 0.353. The summed E-state index contributed by atoms with van der Waals surface area (Å²) >= 11 is 11.9. The number of hydrogen-bond donors (Lipinski definition) is 2. The van der Waals surface area contributed by atoms with Gasteiger partial charge in [-0.25, -0.2) is 14.1 Å². The molecule has 3 aromatic carbocycles. The van der Waals surface area contributed by atoms with Crippen molar-refractivity contribution >= 4 is 64.4 Å². The number of ether oxygens (including phenoxy) is 1. The van der Waals surface area contributed by atoms with Crippen molar-refractivity contribution in [3.8, 4) is 5.75 Å². The maximum Gasteiger partial charge on any atom is 0.335 e. The predicted molar refractivity (Wildman–Crippen MR) is 132 cm³/mol. The number of amides is 5. The highest BCUT2D eigenvalue weighted by atomic mass is 35.5. The Balaban J connectivity index is 1.49. The lowest BCUT2D eigenvalue weighted by atomic mass is 10.1. The lowest BCUT2D eigenvalue weighted by molar-refractivity contribution is -0.122. The minimum atomic E-state index is -0.926. The summed E-state index contributed by atoms with van der Waals surface area (Å²) < 4.78 is 18.5. The van der Waals surface area contributed by atoms with Crippen LogP contribution in [0.4, 0.5) is 20.6 Å². The standard InChI is InChI=1S/C25H16Cl2FN3O5/c26-20-9-8-17(12-21(20)27)31-24(34)19(23(33)30-25(31)35)11-14-2-1-3-18(10-14)36-13-22(32)29-16-6-4-15(28)5-7-16/h1-12H,13H2,(H,29,32)(H,30,33,35)/b19-11-. The number of hydrogen-bond acceptors (Lipinski definition) is 5. The Morgan fingerprint density at radius 2 is 1.75 bits per heavy atom. The van der Waals surface area contributed by atoms with Crippen LogP contribution < -0.4 is 20.3 Å². The van der Waals surface area contributed by atoms with Crippen LogP contribution in [0.1, 0.15) is 5.56 Å². The van der Waals surface area contributed by atoms with E-state index in [-0.39, 0.29) is 27.9 Å². The lowest BCUT2D eigenvalue weighted by Gasteiger charge is -2.26. The van der Waals surface area contributed by atoms with Gasteiger partial charge in [-0.2, -0.15) is 0 Å². The summed E-state index contributed by atoms with van der Waals surface area (Å²) in [6, 6.07) is 14.8. The number of nitrogens with zero attached hydrogens (tertiary/aromatic N) is 1. The van der Waals surface area contributed by atoms with Crippen molar-refractivity contribution in [3.63, 3.8) is 0 Å². The second kappa shape index (κ2) is 10.6. The van der Waals surface area contributed by atoms with E-state index < -0.39 is 29.6 Å². The third kappa shape index (κ3) is 5.70. The van der Waals surface area contributed by atoms with Crippen LogP contribution in [-0.4, -0.2) is 30.4 Å².